The van der Waals surface area contributed by atoms with E-state index in [-0.39, 0.29) is 0 Å². The fourth-order valence-electron chi connectivity index (χ4n) is 1.49. The molecule has 3 nitrogen and oxygen atoms in total. The van der Waals surface area contributed by atoms with E-state index in [1.165, 1.54) is 0 Å². The van der Waals surface area contributed by atoms with Crippen LogP contribution in [0.15, 0.2) is 36.7 Å². The van der Waals surface area contributed by atoms with Crippen molar-refractivity contribution < 1.29 is 4.74 Å². The summed E-state index contributed by atoms with van der Waals surface area (Å²) in [5, 5.41) is 8.96. The van der Waals surface area contributed by atoms with E-state index in [2.05, 4.69) is 11.1 Å². The van der Waals surface area contributed by atoms with Crippen LogP contribution < -0.4 is 4.74 Å². The predicted octanol–water partition coefficient (Wildman–Crippen LogP) is 3.36. The number of aryl methyl sites for hydroxylation is 2. The summed E-state index contributed by atoms with van der Waals surface area (Å²) in [5.74, 6) is 1.25. The molecule has 0 bridgehead atoms. The van der Waals surface area contributed by atoms with Crippen molar-refractivity contribution in [2.45, 2.75) is 13.8 Å². The van der Waals surface area contributed by atoms with E-state index in [4.69, 9.17) is 10.00 Å². The Morgan fingerprint density at radius 3 is 2.76 bits per heavy atom. The highest BCUT2D eigenvalue weighted by molar-refractivity contribution is 5.45. The van der Waals surface area contributed by atoms with E-state index in [0.29, 0.717) is 11.3 Å². The van der Waals surface area contributed by atoms with Gasteiger partial charge in [-0.05, 0) is 37.1 Å². The monoisotopic (exact) mass is 224 g/mol. The minimum atomic E-state index is 0.487. The molecule has 1 aromatic heterocycles. The quantitative estimate of drug-likeness (QED) is 0.785. The summed E-state index contributed by atoms with van der Waals surface area (Å²) in [4.78, 5) is 3.97. The number of nitrogens with zero attached hydrogens (tertiary/aromatic N) is 2. The molecule has 0 saturated heterocycles. The lowest BCUT2D eigenvalue weighted by Gasteiger charge is -2.09. The Hall–Kier alpha value is -2.34. The van der Waals surface area contributed by atoms with Gasteiger partial charge in [0, 0.05) is 6.20 Å². The molecular weight excluding hydrogens is 212 g/mol. The Morgan fingerprint density at radius 1 is 1.18 bits per heavy atom. The molecule has 0 N–H and O–H groups in total. The predicted molar refractivity (Wildman–Crippen MR) is 64.9 cm³/mol. The zero-order valence-electron chi connectivity index (χ0n) is 9.77. The highest BCUT2D eigenvalue weighted by atomic mass is 16.5. The molecule has 0 unspecified atom stereocenters. The second kappa shape index (κ2) is 4.67. The van der Waals surface area contributed by atoms with Crippen LogP contribution in [0.1, 0.15) is 16.7 Å². The van der Waals surface area contributed by atoms with Gasteiger partial charge in [0.1, 0.15) is 11.8 Å². The lowest BCUT2D eigenvalue weighted by atomic mass is 10.1. The number of hydrogen-bond acceptors (Lipinski definition) is 3. The Balaban J connectivity index is 2.38. The zero-order valence-corrected chi connectivity index (χ0v) is 9.77. The fourth-order valence-corrected chi connectivity index (χ4v) is 1.49. The molecule has 0 aliphatic rings. The number of hydrogen-bond donors (Lipinski definition) is 0. The lowest BCUT2D eigenvalue weighted by molar-refractivity contribution is 0.474. The maximum absolute atomic E-state index is 8.96. The van der Waals surface area contributed by atoms with Gasteiger partial charge in [-0.15, -0.1) is 0 Å². The van der Waals surface area contributed by atoms with Crippen LogP contribution in [0, 0.1) is 25.2 Å². The van der Waals surface area contributed by atoms with Gasteiger partial charge in [-0.1, -0.05) is 12.1 Å². The number of ether oxygens (including phenoxy) is 1. The van der Waals surface area contributed by atoms with E-state index < -0.39 is 0 Å². The maximum Gasteiger partial charge on any atom is 0.163 e. The summed E-state index contributed by atoms with van der Waals surface area (Å²) in [6.07, 6.45) is 3.13. The molecule has 2 rings (SSSR count). The molecule has 3 heteroatoms. The summed E-state index contributed by atoms with van der Waals surface area (Å²) in [6, 6.07) is 9.69. The van der Waals surface area contributed by atoms with Gasteiger partial charge in [0.15, 0.2) is 5.75 Å². The van der Waals surface area contributed by atoms with Crippen LogP contribution >= 0.6 is 0 Å². The summed E-state index contributed by atoms with van der Waals surface area (Å²) >= 11 is 0. The second-order valence-electron chi connectivity index (χ2n) is 3.85. The molecule has 0 radical (unpaired) electrons. The van der Waals surface area contributed by atoms with E-state index in [0.717, 1.165) is 16.9 Å². The largest absolute Gasteiger partial charge is 0.454 e. The lowest BCUT2D eigenvalue weighted by Crippen LogP contribution is -1.92. The van der Waals surface area contributed by atoms with Crippen molar-refractivity contribution in [1.29, 1.82) is 5.26 Å². The fraction of sp³-hybridized carbons (Fsp3) is 0.143. The first-order valence-electron chi connectivity index (χ1n) is 5.30. The van der Waals surface area contributed by atoms with E-state index >= 15 is 0 Å². The number of nitriles is 1. The number of benzene rings is 1. The van der Waals surface area contributed by atoms with Crippen molar-refractivity contribution in [3.05, 3.63) is 53.3 Å². The molecule has 0 spiro atoms. The first kappa shape index (κ1) is 11.2. The second-order valence-corrected chi connectivity index (χ2v) is 3.85. The Labute approximate surface area is 100 Å². The SMILES string of the molecule is Cc1ccc(C)c(Oc2cnccc2C#N)c1. The maximum atomic E-state index is 8.96. The Morgan fingerprint density at radius 2 is 2.00 bits per heavy atom. The molecule has 17 heavy (non-hydrogen) atoms. The third-order valence-electron chi connectivity index (χ3n) is 2.47. The van der Waals surface area contributed by atoms with Crippen molar-refractivity contribution in [3.63, 3.8) is 0 Å². The summed E-state index contributed by atoms with van der Waals surface area (Å²) < 4.78 is 5.73. The van der Waals surface area contributed by atoms with Crippen LogP contribution in [-0.4, -0.2) is 4.98 Å². The molecular formula is C14H12N2O. The molecule has 0 aliphatic heterocycles. The van der Waals surface area contributed by atoms with Gasteiger partial charge in [-0.3, -0.25) is 4.98 Å². The smallest absolute Gasteiger partial charge is 0.163 e. The third kappa shape index (κ3) is 2.43. The molecule has 0 aliphatic carbocycles. The van der Waals surface area contributed by atoms with Gasteiger partial charge in [-0.2, -0.15) is 5.26 Å². The van der Waals surface area contributed by atoms with Gasteiger partial charge in [0.05, 0.1) is 11.8 Å². The average molecular weight is 224 g/mol. The Kier molecular flexibility index (Phi) is 3.06. The van der Waals surface area contributed by atoms with E-state index in [9.17, 15) is 0 Å². The van der Waals surface area contributed by atoms with Gasteiger partial charge in [0.25, 0.3) is 0 Å². The topological polar surface area (TPSA) is 45.9 Å². The van der Waals surface area contributed by atoms with Gasteiger partial charge in [-0.25, -0.2) is 0 Å². The molecule has 1 aromatic carbocycles. The molecule has 0 atom stereocenters. The highest BCUT2D eigenvalue weighted by Crippen LogP contribution is 2.27. The first-order chi connectivity index (χ1) is 8.20. The van der Waals surface area contributed by atoms with E-state index in [1.807, 2.05) is 32.0 Å². The zero-order chi connectivity index (χ0) is 12.3. The van der Waals surface area contributed by atoms with Crippen molar-refractivity contribution in [2.24, 2.45) is 0 Å². The normalized spacial score (nSPS) is 9.71. The standard InChI is InChI=1S/C14H12N2O/c1-10-3-4-11(2)13(7-10)17-14-9-16-6-5-12(14)8-15/h3-7,9H,1-2H3. The van der Waals surface area contributed by atoms with Crippen LogP contribution in [-0.2, 0) is 0 Å². The first-order valence-corrected chi connectivity index (χ1v) is 5.30. The van der Waals surface area contributed by atoms with Crippen LogP contribution in [0.25, 0.3) is 0 Å². The molecule has 0 fully saturated rings. The number of rotatable bonds is 2. The van der Waals surface area contributed by atoms with Crippen molar-refractivity contribution in [1.82, 2.24) is 4.98 Å². The van der Waals surface area contributed by atoms with Crippen molar-refractivity contribution in [3.8, 4) is 17.6 Å². The molecule has 1 heterocycles. The summed E-state index contributed by atoms with van der Waals surface area (Å²) in [6.45, 7) is 3.97. The summed E-state index contributed by atoms with van der Waals surface area (Å²) in [7, 11) is 0. The minimum Gasteiger partial charge on any atom is -0.454 e. The summed E-state index contributed by atoms with van der Waals surface area (Å²) in [5.41, 5.74) is 2.64. The van der Waals surface area contributed by atoms with E-state index in [1.54, 1.807) is 18.5 Å². The third-order valence-corrected chi connectivity index (χ3v) is 2.47. The van der Waals surface area contributed by atoms with Crippen molar-refractivity contribution in [2.75, 3.05) is 0 Å². The highest BCUT2D eigenvalue weighted by Gasteiger charge is 2.06. The average Bonchev–Trinajstić information content (AvgIpc) is 2.34. The van der Waals surface area contributed by atoms with Crippen LogP contribution in [0.2, 0.25) is 0 Å². The Bertz CT molecular complexity index is 585. The molecule has 0 amide bonds. The van der Waals surface area contributed by atoms with Crippen LogP contribution in [0.5, 0.6) is 11.5 Å². The van der Waals surface area contributed by atoms with Crippen molar-refractivity contribution >= 4 is 0 Å². The molecule has 84 valence electrons. The van der Waals surface area contributed by atoms with Gasteiger partial charge >= 0.3 is 0 Å². The minimum absolute atomic E-state index is 0.487. The number of aromatic nitrogens is 1. The molecule has 0 saturated carbocycles. The van der Waals surface area contributed by atoms with Crippen LogP contribution in [0.3, 0.4) is 0 Å². The van der Waals surface area contributed by atoms with Crippen LogP contribution in [0.4, 0.5) is 0 Å². The number of pyridine rings is 1. The van der Waals surface area contributed by atoms with Gasteiger partial charge in [0.2, 0.25) is 0 Å². The van der Waals surface area contributed by atoms with Gasteiger partial charge < -0.3 is 4.74 Å². The molecule has 2 aromatic rings.